The van der Waals surface area contributed by atoms with Crippen LogP contribution in [0.2, 0.25) is 0 Å². The first-order valence-electron chi connectivity index (χ1n) is 3.24. The van der Waals surface area contributed by atoms with Crippen LogP contribution in [0.4, 0.5) is 0 Å². The van der Waals surface area contributed by atoms with Gasteiger partial charge >= 0.3 is 29.6 Å². The van der Waals surface area contributed by atoms with Crippen molar-refractivity contribution in [2.75, 3.05) is 0 Å². The maximum Gasteiger partial charge on any atom is 1.00 e. The van der Waals surface area contributed by atoms with Crippen molar-refractivity contribution < 1.29 is 59.0 Å². The molecule has 7 nitrogen and oxygen atoms in total. The molecule has 0 aliphatic rings. The first kappa shape index (κ1) is 30.5. The molecule has 0 unspecified atom stereocenters. The van der Waals surface area contributed by atoms with E-state index in [9.17, 15) is 13.0 Å². The largest absolute Gasteiger partial charge is 1.00 e. The Morgan fingerprint density at radius 3 is 1.59 bits per heavy atom. The average molecular weight is 344 g/mol. The fourth-order valence-electron chi connectivity index (χ4n) is 0.705. The van der Waals surface area contributed by atoms with E-state index in [2.05, 4.69) is 20.9 Å². The molecular formula is C7H15BrNNaO6S. The molecule has 0 aromatic heterocycles. The zero-order chi connectivity index (χ0) is 10.5. The van der Waals surface area contributed by atoms with Gasteiger partial charge in [-0.15, -0.1) is 0 Å². The zero-order valence-corrected chi connectivity index (χ0v) is 13.8. The minimum absolute atomic E-state index is 0. The Bertz CT molecular complexity index is 357. The third kappa shape index (κ3) is 12.7. The van der Waals surface area contributed by atoms with Gasteiger partial charge in [-0.2, -0.15) is 0 Å². The van der Waals surface area contributed by atoms with E-state index in [1.807, 2.05) is 6.92 Å². The van der Waals surface area contributed by atoms with E-state index in [4.69, 9.17) is 0 Å². The maximum atomic E-state index is 10.4. The Labute approximate surface area is 131 Å². The second-order valence-electron chi connectivity index (χ2n) is 2.27. The van der Waals surface area contributed by atoms with Crippen LogP contribution in [0.3, 0.4) is 0 Å². The van der Waals surface area contributed by atoms with E-state index < -0.39 is 10.1 Å². The van der Waals surface area contributed by atoms with Gasteiger partial charge in [0.05, 0.1) is 4.90 Å². The van der Waals surface area contributed by atoms with Crippen molar-refractivity contribution in [2.24, 2.45) is 4.76 Å². The van der Waals surface area contributed by atoms with Gasteiger partial charge in [-0.1, -0.05) is 17.7 Å². The quantitative estimate of drug-likeness (QED) is 0.308. The Morgan fingerprint density at radius 1 is 1.06 bits per heavy atom. The van der Waals surface area contributed by atoms with Crippen LogP contribution in [0.1, 0.15) is 5.56 Å². The summed E-state index contributed by atoms with van der Waals surface area (Å²) in [5.74, 6) is 0. The van der Waals surface area contributed by atoms with Gasteiger partial charge in [0.2, 0.25) is 0 Å². The van der Waals surface area contributed by atoms with Crippen molar-refractivity contribution >= 4 is 26.3 Å². The Morgan fingerprint density at radius 2 is 1.35 bits per heavy atom. The van der Waals surface area contributed by atoms with Crippen LogP contribution in [0.25, 0.3) is 0 Å². The number of halogens is 1. The Balaban J connectivity index is -0.0000000760. The molecule has 8 N–H and O–H groups in total. The van der Waals surface area contributed by atoms with E-state index >= 15 is 0 Å². The topological polar surface area (TPSA) is 178 Å². The van der Waals surface area contributed by atoms with Gasteiger partial charge in [-0.05, 0) is 19.1 Å². The van der Waals surface area contributed by atoms with Crippen molar-refractivity contribution in [3.63, 3.8) is 0 Å². The number of rotatable bonds is 1. The fourth-order valence-corrected chi connectivity index (χ4v) is 1.17. The fraction of sp³-hybridized carbons (Fsp3) is 0.143. The van der Waals surface area contributed by atoms with Crippen LogP contribution in [0.5, 0.6) is 0 Å². The van der Waals surface area contributed by atoms with Gasteiger partial charge in [0.25, 0.3) is 0 Å². The van der Waals surface area contributed by atoms with Crippen LogP contribution >= 0.6 is 16.1 Å². The number of hydrogen-bond acceptors (Lipinski definition) is 4. The van der Waals surface area contributed by atoms with E-state index in [1.165, 1.54) is 12.1 Å². The minimum atomic E-state index is -4.27. The number of aryl methyl sites for hydroxylation is 1. The molecule has 0 spiro atoms. The molecule has 0 aliphatic carbocycles. The van der Waals surface area contributed by atoms with E-state index in [0.29, 0.717) is 0 Å². The van der Waals surface area contributed by atoms with Crippen molar-refractivity contribution in [3.8, 4) is 0 Å². The summed E-state index contributed by atoms with van der Waals surface area (Å²) in [5, 5.41) is 0. The SMILES string of the molecule is Cc1ccc(S(=O)(=O)[O-])cc1.NBr.O.O.O.[Na+]. The van der Waals surface area contributed by atoms with E-state index in [-0.39, 0.29) is 50.9 Å². The van der Waals surface area contributed by atoms with Gasteiger partial charge < -0.3 is 21.0 Å². The Kier molecular flexibility index (Phi) is 26.0. The van der Waals surface area contributed by atoms with Crippen LogP contribution < -0.4 is 34.3 Å². The van der Waals surface area contributed by atoms with Gasteiger partial charge in [0.1, 0.15) is 10.1 Å². The van der Waals surface area contributed by atoms with Gasteiger partial charge in [0, 0.05) is 16.1 Å². The third-order valence-corrected chi connectivity index (χ3v) is 2.16. The summed E-state index contributed by atoms with van der Waals surface area (Å²) in [4.78, 5) is -0.178. The van der Waals surface area contributed by atoms with Crippen molar-refractivity contribution in [2.45, 2.75) is 11.8 Å². The zero-order valence-electron chi connectivity index (χ0n) is 9.40. The number of benzene rings is 1. The van der Waals surface area contributed by atoms with Crippen LogP contribution in [0.15, 0.2) is 29.2 Å². The Hall–Kier alpha value is 0.450. The molecule has 0 amide bonds. The molecule has 98 valence electrons. The molecule has 0 saturated carbocycles. The van der Waals surface area contributed by atoms with Crippen LogP contribution in [-0.4, -0.2) is 29.4 Å². The summed E-state index contributed by atoms with van der Waals surface area (Å²) in [6, 6.07) is 5.78. The minimum Gasteiger partial charge on any atom is -0.744 e. The average Bonchev–Trinajstić information content (AvgIpc) is 2.07. The van der Waals surface area contributed by atoms with Crippen molar-refractivity contribution in [3.05, 3.63) is 29.8 Å². The third-order valence-electron chi connectivity index (χ3n) is 1.31. The summed E-state index contributed by atoms with van der Waals surface area (Å²) >= 11 is 2.44. The molecule has 1 aromatic carbocycles. The standard InChI is InChI=1S/C7H8O3S.BrH2N.Na.3H2O/c1-6-2-4-7(5-3-6)11(8,9)10;1-2;;;;/h2-5H,1H3,(H,8,9,10);2H2;;3*1H2/q;;+1;;;/p-1. The second-order valence-corrected chi connectivity index (χ2v) is 3.65. The molecule has 0 heterocycles. The molecule has 0 saturated heterocycles. The summed E-state index contributed by atoms with van der Waals surface area (Å²) in [6.07, 6.45) is 0. The molecule has 0 radical (unpaired) electrons. The van der Waals surface area contributed by atoms with Gasteiger partial charge in [-0.25, -0.2) is 8.42 Å². The normalized spacial score (nSPS) is 7.76. The molecule has 0 atom stereocenters. The maximum absolute atomic E-state index is 10.4. The monoisotopic (exact) mass is 343 g/mol. The molecule has 17 heavy (non-hydrogen) atoms. The molecular weight excluding hydrogens is 329 g/mol. The van der Waals surface area contributed by atoms with Gasteiger partial charge in [0.15, 0.2) is 0 Å². The van der Waals surface area contributed by atoms with Crippen molar-refractivity contribution in [1.29, 1.82) is 0 Å². The summed E-state index contributed by atoms with van der Waals surface area (Å²) in [6.45, 7) is 1.82. The first-order valence-corrected chi connectivity index (χ1v) is 5.57. The summed E-state index contributed by atoms with van der Waals surface area (Å²) < 4.78 is 35.5. The first-order chi connectivity index (χ1) is 6.00. The molecule has 0 fully saturated rings. The predicted molar refractivity (Wildman–Crippen MR) is 63.1 cm³/mol. The molecule has 0 bridgehead atoms. The molecule has 1 rings (SSSR count). The van der Waals surface area contributed by atoms with Crippen LogP contribution in [-0.2, 0) is 10.1 Å². The predicted octanol–water partition coefficient (Wildman–Crippen LogP) is -4.32. The summed E-state index contributed by atoms with van der Waals surface area (Å²) in [5.41, 5.74) is 0.928. The van der Waals surface area contributed by atoms with Crippen molar-refractivity contribution in [1.82, 2.24) is 0 Å². The smallest absolute Gasteiger partial charge is 0.744 e. The molecule has 0 aliphatic heterocycles. The van der Waals surface area contributed by atoms with E-state index in [0.717, 1.165) is 5.56 Å². The van der Waals surface area contributed by atoms with E-state index in [1.54, 1.807) is 12.1 Å². The summed E-state index contributed by atoms with van der Waals surface area (Å²) in [7, 11) is -4.27. The van der Waals surface area contributed by atoms with Crippen LogP contribution in [0, 0.1) is 6.92 Å². The molecule has 10 heteroatoms. The van der Waals surface area contributed by atoms with Gasteiger partial charge in [-0.3, -0.25) is 4.76 Å². The molecule has 1 aromatic rings. The number of nitrogens with two attached hydrogens (primary N) is 1. The number of hydrogen-bond donors (Lipinski definition) is 1. The second kappa shape index (κ2) is 14.5.